The van der Waals surface area contributed by atoms with Crippen LogP contribution in [0.2, 0.25) is 0 Å². The lowest BCUT2D eigenvalue weighted by Crippen LogP contribution is -2.39. The molecule has 2 heterocycles. The highest BCUT2D eigenvalue weighted by molar-refractivity contribution is 7.80. The third kappa shape index (κ3) is 4.53. The summed E-state index contributed by atoms with van der Waals surface area (Å²) in [6.07, 6.45) is 2.55. The Kier molecular flexibility index (Phi) is 5.65. The van der Waals surface area contributed by atoms with Crippen LogP contribution in [-0.2, 0) is 11.3 Å². The second kappa shape index (κ2) is 7.90. The average Bonchev–Trinajstić information content (AvgIpc) is 3.22. The van der Waals surface area contributed by atoms with Crippen molar-refractivity contribution in [3.8, 4) is 0 Å². The lowest BCUT2D eigenvalue weighted by molar-refractivity contribution is 0.0907. The molecule has 2 aromatic rings. The molecule has 1 aliphatic rings. The smallest absolute Gasteiger partial charge is 0.173 e. The van der Waals surface area contributed by atoms with Gasteiger partial charge in [-0.25, -0.2) is 0 Å². The molecule has 1 aromatic carbocycles. The number of hydrogen-bond donors (Lipinski definition) is 1. The van der Waals surface area contributed by atoms with Crippen molar-refractivity contribution in [3.63, 3.8) is 0 Å². The van der Waals surface area contributed by atoms with Gasteiger partial charge in [-0.3, -0.25) is 0 Å². The Labute approximate surface area is 147 Å². The molecule has 1 atom stereocenters. The molecule has 1 N–H and O–H groups in total. The van der Waals surface area contributed by atoms with Crippen molar-refractivity contribution >= 4 is 34.4 Å². The van der Waals surface area contributed by atoms with Gasteiger partial charge >= 0.3 is 0 Å². The van der Waals surface area contributed by atoms with Crippen LogP contribution in [0.25, 0.3) is 0 Å². The maximum absolute atomic E-state index is 5.80. The highest BCUT2D eigenvalue weighted by Gasteiger charge is 2.21. The molecule has 1 saturated heterocycles. The molecule has 3 nitrogen and oxygen atoms in total. The summed E-state index contributed by atoms with van der Waals surface area (Å²) in [5.74, 6) is 0. The number of thiophene rings is 1. The van der Waals surface area contributed by atoms with Crippen LogP contribution in [0.15, 0.2) is 41.8 Å². The number of anilines is 1. The molecule has 0 radical (unpaired) electrons. The third-order valence-electron chi connectivity index (χ3n) is 4.05. The summed E-state index contributed by atoms with van der Waals surface area (Å²) in [5, 5.41) is 6.28. The van der Waals surface area contributed by atoms with Crippen LogP contribution in [0.4, 0.5) is 5.69 Å². The summed E-state index contributed by atoms with van der Waals surface area (Å²) in [5.41, 5.74) is 2.27. The Balaban J connectivity index is 1.70. The number of benzene rings is 1. The van der Waals surface area contributed by atoms with Crippen molar-refractivity contribution in [3.05, 3.63) is 52.2 Å². The first-order valence-corrected chi connectivity index (χ1v) is 9.27. The van der Waals surface area contributed by atoms with Crippen LogP contribution in [-0.4, -0.2) is 29.3 Å². The van der Waals surface area contributed by atoms with Crippen molar-refractivity contribution in [2.75, 3.05) is 18.5 Å². The summed E-state index contributed by atoms with van der Waals surface area (Å²) in [6.45, 7) is 4.63. The van der Waals surface area contributed by atoms with Gasteiger partial charge in [0.2, 0.25) is 0 Å². The third-order valence-corrected chi connectivity index (χ3v) is 5.27. The van der Waals surface area contributed by atoms with Crippen LogP contribution in [0.5, 0.6) is 0 Å². The van der Waals surface area contributed by atoms with E-state index in [2.05, 4.69) is 46.8 Å². The first kappa shape index (κ1) is 16.4. The van der Waals surface area contributed by atoms with Gasteiger partial charge in [-0.2, -0.15) is 0 Å². The molecular formula is C18H22N2OS2. The van der Waals surface area contributed by atoms with Gasteiger partial charge in [0.25, 0.3) is 0 Å². The van der Waals surface area contributed by atoms with E-state index in [9.17, 15) is 0 Å². The van der Waals surface area contributed by atoms with E-state index in [0.29, 0.717) is 0 Å². The Bertz CT molecular complexity index is 636. The fraction of sp³-hybridized carbons (Fsp3) is 0.389. The van der Waals surface area contributed by atoms with E-state index in [1.165, 1.54) is 10.4 Å². The molecule has 0 amide bonds. The molecular weight excluding hydrogens is 324 g/mol. The molecule has 0 aliphatic carbocycles. The van der Waals surface area contributed by atoms with Crippen molar-refractivity contribution < 1.29 is 4.74 Å². The quantitative estimate of drug-likeness (QED) is 0.809. The molecule has 3 rings (SSSR count). The lowest BCUT2D eigenvalue weighted by atomic mass is 10.2. The molecule has 1 aliphatic heterocycles. The van der Waals surface area contributed by atoms with E-state index in [-0.39, 0.29) is 6.10 Å². The van der Waals surface area contributed by atoms with Crippen LogP contribution in [0, 0.1) is 6.92 Å². The van der Waals surface area contributed by atoms with Gasteiger partial charge in [0, 0.05) is 23.7 Å². The second-order valence-corrected chi connectivity index (χ2v) is 7.26. The Morgan fingerprint density at radius 2 is 2.22 bits per heavy atom. The van der Waals surface area contributed by atoms with E-state index in [1.807, 2.05) is 12.1 Å². The van der Waals surface area contributed by atoms with Crippen LogP contribution < -0.4 is 5.32 Å². The number of nitrogens with one attached hydrogen (secondary N) is 1. The van der Waals surface area contributed by atoms with Gasteiger partial charge in [-0.15, -0.1) is 11.3 Å². The van der Waals surface area contributed by atoms with Crippen LogP contribution in [0.3, 0.4) is 0 Å². The normalized spacial score (nSPS) is 17.2. The van der Waals surface area contributed by atoms with Gasteiger partial charge in [-0.05, 0) is 55.1 Å². The summed E-state index contributed by atoms with van der Waals surface area (Å²) in [4.78, 5) is 3.54. The maximum atomic E-state index is 5.80. The molecule has 0 spiro atoms. The summed E-state index contributed by atoms with van der Waals surface area (Å²) in [6, 6.07) is 12.5. The fourth-order valence-electron chi connectivity index (χ4n) is 2.75. The number of thiocarbonyl (C=S) groups is 1. The first-order chi connectivity index (χ1) is 11.2. The lowest BCUT2D eigenvalue weighted by Gasteiger charge is -2.28. The van der Waals surface area contributed by atoms with Crippen molar-refractivity contribution in [1.29, 1.82) is 0 Å². The van der Waals surface area contributed by atoms with Crippen molar-refractivity contribution in [2.24, 2.45) is 0 Å². The van der Waals surface area contributed by atoms with E-state index in [4.69, 9.17) is 17.0 Å². The highest BCUT2D eigenvalue weighted by atomic mass is 32.1. The highest BCUT2D eigenvalue weighted by Crippen LogP contribution is 2.19. The second-order valence-electron chi connectivity index (χ2n) is 5.84. The number of ether oxygens (including phenoxy) is 1. The minimum atomic E-state index is 0.284. The largest absolute Gasteiger partial charge is 0.376 e. The van der Waals surface area contributed by atoms with Gasteiger partial charge in [-0.1, -0.05) is 24.3 Å². The number of aryl methyl sites for hydroxylation is 1. The van der Waals surface area contributed by atoms with Crippen molar-refractivity contribution in [2.45, 2.75) is 32.4 Å². The number of para-hydroxylation sites is 1. The number of nitrogens with zero attached hydrogens (tertiary/aromatic N) is 1. The minimum absolute atomic E-state index is 0.284. The fourth-order valence-corrected chi connectivity index (χ4v) is 3.72. The molecule has 0 saturated carbocycles. The van der Waals surface area contributed by atoms with Crippen LogP contribution in [0.1, 0.15) is 23.3 Å². The molecule has 5 heteroatoms. The molecule has 23 heavy (non-hydrogen) atoms. The topological polar surface area (TPSA) is 24.5 Å². The zero-order chi connectivity index (χ0) is 16.1. The van der Waals surface area contributed by atoms with Crippen molar-refractivity contribution in [1.82, 2.24) is 4.90 Å². The monoisotopic (exact) mass is 346 g/mol. The number of rotatable bonds is 5. The molecule has 122 valence electrons. The van der Waals surface area contributed by atoms with Gasteiger partial charge < -0.3 is 15.0 Å². The Morgan fingerprint density at radius 1 is 1.35 bits per heavy atom. The molecule has 1 aromatic heterocycles. The molecule has 1 fully saturated rings. The summed E-state index contributed by atoms with van der Waals surface area (Å²) >= 11 is 7.45. The molecule has 0 bridgehead atoms. The Hall–Kier alpha value is -1.43. The average molecular weight is 347 g/mol. The minimum Gasteiger partial charge on any atom is -0.376 e. The van der Waals surface area contributed by atoms with Gasteiger partial charge in [0.1, 0.15) is 0 Å². The van der Waals surface area contributed by atoms with E-state index >= 15 is 0 Å². The van der Waals surface area contributed by atoms with E-state index < -0.39 is 0 Å². The predicted octanol–water partition coefficient (Wildman–Crippen LogP) is 4.43. The standard InChI is InChI=1S/C18H22N2OS2/c1-14-6-2-3-9-17(14)19-18(22)20(12-15-7-4-10-21-15)13-16-8-5-11-23-16/h2-3,5-6,8-9,11,15H,4,7,10,12-13H2,1H3,(H,19,22)/t15-/m1/s1. The summed E-state index contributed by atoms with van der Waals surface area (Å²) < 4.78 is 5.80. The van der Waals surface area contributed by atoms with Crippen LogP contribution >= 0.6 is 23.6 Å². The van der Waals surface area contributed by atoms with Gasteiger partial charge in [0.05, 0.1) is 12.6 Å². The maximum Gasteiger partial charge on any atom is 0.173 e. The van der Waals surface area contributed by atoms with E-state index in [1.54, 1.807) is 11.3 Å². The van der Waals surface area contributed by atoms with E-state index in [0.717, 1.165) is 43.3 Å². The Morgan fingerprint density at radius 3 is 2.91 bits per heavy atom. The molecule has 0 unspecified atom stereocenters. The zero-order valence-electron chi connectivity index (χ0n) is 13.3. The number of hydrogen-bond acceptors (Lipinski definition) is 3. The summed E-state index contributed by atoms with van der Waals surface area (Å²) in [7, 11) is 0. The zero-order valence-corrected chi connectivity index (χ0v) is 15.0. The SMILES string of the molecule is Cc1ccccc1NC(=S)N(Cc1cccs1)C[C@H]1CCCO1. The first-order valence-electron chi connectivity index (χ1n) is 7.98. The predicted molar refractivity (Wildman–Crippen MR) is 101 cm³/mol. The van der Waals surface area contributed by atoms with Gasteiger partial charge in [0.15, 0.2) is 5.11 Å².